The molecule has 0 aliphatic carbocycles. The Kier molecular flexibility index (Phi) is 5.60. The van der Waals surface area contributed by atoms with Gasteiger partial charge in [0.15, 0.2) is 0 Å². The van der Waals surface area contributed by atoms with Crippen molar-refractivity contribution in [2.24, 2.45) is 5.73 Å². The molecule has 0 fully saturated rings. The zero-order chi connectivity index (χ0) is 15.6. The van der Waals surface area contributed by atoms with Gasteiger partial charge in [0.05, 0.1) is 4.90 Å². The SMILES string of the molecule is CSC(C)(C)CNS(=O)(=O)c1ccc(C(N)=S)cc1C. The molecule has 1 aromatic carbocycles. The summed E-state index contributed by atoms with van der Waals surface area (Å²) >= 11 is 6.50. The Morgan fingerprint density at radius 1 is 1.45 bits per heavy atom. The molecule has 3 N–H and O–H groups in total. The molecule has 0 saturated heterocycles. The van der Waals surface area contributed by atoms with Gasteiger partial charge in [-0.25, -0.2) is 13.1 Å². The average Bonchev–Trinajstić information content (AvgIpc) is 2.36. The van der Waals surface area contributed by atoms with E-state index in [2.05, 4.69) is 4.72 Å². The van der Waals surface area contributed by atoms with Gasteiger partial charge in [-0.05, 0) is 44.7 Å². The minimum absolute atomic E-state index is 0.153. The molecule has 0 bridgehead atoms. The van der Waals surface area contributed by atoms with Crippen LogP contribution in [0.2, 0.25) is 0 Å². The van der Waals surface area contributed by atoms with Crippen LogP contribution in [0.3, 0.4) is 0 Å². The first-order chi connectivity index (χ1) is 9.09. The first kappa shape index (κ1) is 17.4. The van der Waals surface area contributed by atoms with Crippen LogP contribution >= 0.6 is 24.0 Å². The van der Waals surface area contributed by atoms with E-state index in [0.717, 1.165) is 0 Å². The van der Waals surface area contributed by atoms with E-state index in [1.807, 2.05) is 20.1 Å². The molecule has 0 aliphatic rings. The number of rotatable bonds is 6. The van der Waals surface area contributed by atoms with E-state index < -0.39 is 10.0 Å². The third-order valence-corrected chi connectivity index (χ3v) is 6.04. The number of benzene rings is 1. The lowest BCUT2D eigenvalue weighted by atomic mass is 10.1. The van der Waals surface area contributed by atoms with Gasteiger partial charge >= 0.3 is 0 Å². The highest BCUT2D eigenvalue weighted by Crippen LogP contribution is 2.22. The predicted octanol–water partition coefficient (Wildman–Crippen LogP) is 2.05. The second kappa shape index (κ2) is 6.43. The molecule has 7 heteroatoms. The van der Waals surface area contributed by atoms with Crippen molar-refractivity contribution in [1.29, 1.82) is 0 Å². The van der Waals surface area contributed by atoms with Crippen LogP contribution in [-0.2, 0) is 10.0 Å². The van der Waals surface area contributed by atoms with E-state index in [1.165, 1.54) is 6.07 Å². The molecular weight excluding hydrogens is 312 g/mol. The van der Waals surface area contributed by atoms with E-state index in [4.69, 9.17) is 18.0 Å². The molecule has 0 radical (unpaired) electrons. The van der Waals surface area contributed by atoms with E-state index in [9.17, 15) is 8.42 Å². The predicted molar refractivity (Wildman–Crippen MR) is 89.8 cm³/mol. The summed E-state index contributed by atoms with van der Waals surface area (Å²) in [6.45, 7) is 6.08. The van der Waals surface area contributed by atoms with Gasteiger partial charge in [-0.2, -0.15) is 11.8 Å². The van der Waals surface area contributed by atoms with Crippen molar-refractivity contribution < 1.29 is 8.42 Å². The van der Waals surface area contributed by atoms with Crippen LogP contribution in [-0.4, -0.2) is 31.0 Å². The fourth-order valence-corrected chi connectivity index (χ4v) is 3.39. The maximum absolute atomic E-state index is 12.3. The molecule has 0 aliphatic heterocycles. The number of thiocarbonyl (C=S) groups is 1. The van der Waals surface area contributed by atoms with Gasteiger partial charge in [0.25, 0.3) is 0 Å². The molecule has 0 amide bonds. The van der Waals surface area contributed by atoms with Crippen LogP contribution in [0.4, 0.5) is 0 Å². The highest BCUT2D eigenvalue weighted by atomic mass is 32.2. The topological polar surface area (TPSA) is 72.2 Å². The van der Waals surface area contributed by atoms with Gasteiger partial charge in [-0.1, -0.05) is 18.3 Å². The fraction of sp³-hybridized carbons (Fsp3) is 0.462. The number of hydrogen-bond donors (Lipinski definition) is 2. The van der Waals surface area contributed by atoms with Crippen LogP contribution in [0, 0.1) is 6.92 Å². The summed E-state index contributed by atoms with van der Waals surface area (Å²) in [6, 6.07) is 4.86. The monoisotopic (exact) mass is 332 g/mol. The van der Waals surface area contributed by atoms with Crippen LogP contribution in [0.1, 0.15) is 25.0 Å². The summed E-state index contributed by atoms with van der Waals surface area (Å²) in [4.78, 5) is 0.517. The second-order valence-electron chi connectivity index (χ2n) is 5.13. The lowest BCUT2D eigenvalue weighted by Crippen LogP contribution is -2.36. The van der Waals surface area contributed by atoms with Crippen LogP contribution < -0.4 is 10.5 Å². The summed E-state index contributed by atoms with van der Waals surface area (Å²) in [5, 5.41) is 0. The summed E-state index contributed by atoms with van der Waals surface area (Å²) in [7, 11) is -3.52. The molecule has 1 rings (SSSR count). The van der Waals surface area contributed by atoms with Crippen LogP contribution in [0.5, 0.6) is 0 Å². The zero-order valence-electron chi connectivity index (χ0n) is 12.1. The fourth-order valence-electron chi connectivity index (χ4n) is 1.52. The number of nitrogens with one attached hydrogen (secondary N) is 1. The van der Waals surface area contributed by atoms with E-state index in [-0.39, 0.29) is 14.6 Å². The molecule has 0 heterocycles. The first-order valence-electron chi connectivity index (χ1n) is 6.04. The average molecular weight is 333 g/mol. The molecule has 0 saturated carbocycles. The normalized spacial score (nSPS) is 12.4. The van der Waals surface area contributed by atoms with Gasteiger partial charge in [-0.3, -0.25) is 0 Å². The summed E-state index contributed by atoms with van der Waals surface area (Å²) in [6.07, 6.45) is 1.95. The van der Waals surface area contributed by atoms with Crippen molar-refractivity contribution in [3.05, 3.63) is 29.3 Å². The van der Waals surface area contributed by atoms with Crippen molar-refractivity contribution in [2.75, 3.05) is 12.8 Å². The highest BCUT2D eigenvalue weighted by Gasteiger charge is 2.22. The maximum atomic E-state index is 12.3. The second-order valence-corrected chi connectivity index (χ2v) is 8.82. The van der Waals surface area contributed by atoms with Crippen molar-refractivity contribution >= 4 is 39.0 Å². The number of sulfonamides is 1. The molecular formula is C13H20N2O2S3. The highest BCUT2D eigenvalue weighted by molar-refractivity contribution is 8.00. The Bertz CT molecular complexity index is 610. The Labute approximate surface area is 130 Å². The van der Waals surface area contributed by atoms with Crippen molar-refractivity contribution in [3.8, 4) is 0 Å². The number of nitrogens with two attached hydrogens (primary N) is 1. The summed E-state index contributed by atoms with van der Waals surface area (Å²) in [5.41, 5.74) is 6.84. The van der Waals surface area contributed by atoms with Crippen molar-refractivity contribution in [1.82, 2.24) is 4.72 Å². The van der Waals surface area contributed by atoms with E-state index in [0.29, 0.717) is 17.7 Å². The zero-order valence-corrected chi connectivity index (χ0v) is 14.5. The molecule has 4 nitrogen and oxygen atoms in total. The number of aryl methyl sites for hydroxylation is 1. The van der Waals surface area contributed by atoms with Gasteiger partial charge in [0.2, 0.25) is 10.0 Å². The molecule has 0 aromatic heterocycles. The minimum atomic E-state index is -3.52. The molecule has 0 spiro atoms. The quantitative estimate of drug-likeness (QED) is 0.780. The van der Waals surface area contributed by atoms with E-state index >= 15 is 0 Å². The summed E-state index contributed by atoms with van der Waals surface area (Å²) < 4.78 is 27.1. The molecule has 112 valence electrons. The minimum Gasteiger partial charge on any atom is -0.389 e. The Balaban J connectivity index is 3.02. The van der Waals surface area contributed by atoms with Gasteiger partial charge < -0.3 is 5.73 Å². The molecule has 0 unspecified atom stereocenters. The maximum Gasteiger partial charge on any atom is 0.240 e. The lowest BCUT2D eigenvalue weighted by molar-refractivity contribution is 0.570. The van der Waals surface area contributed by atoms with Gasteiger partial charge in [-0.15, -0.1) is 0 Å². The standard InChI is InChI=1S/C13H20N2O2S3/c1-9-7-10(12(14)18)5-6-11(9)20(16,17)15-8-13(2,3)19-4/h5-7,15H,8H2,1-4H3,(H2,14,18). The lowest BCUT2D eigenvalue weighted by Gasteiger charge is -2.22. The van der Waals surface area contributed by atoms with E-state index in [1.54, 1.807) is 30.8 Å². The Morgan fingerprint density at radius 2 is 2.05 bits per heavy atom. The summed E-state index contributed by atoms with van der Waals surface area (Å²) in [5.74, 6) is 0. The van der Waals surface area contributed by atoms with Crippen molar-refractivity contribution in [2.45, 2.75) is 30.4 Å². The third-order valence-electron chi connectivity index (χ3n) is 2.99. The Hall–Kier alpha value is -0.630. The van der Waals surface area contributed by atoms with Crippen LogP contribution in [0.25, 0.3) is 0 Å². The Morgan fingerprint density at radius 3 is 2.50 bits per heavy atom. The van der Waals surface area contributed by atoms with Crippen molar-refractivity contribution in [3.63, 3.8) is 0 Å². The first-order valence-corrected chi connectivity index (χ1v) is 9.16. The smallest absolute Gasteiger partial charge is 0.240 e. The number of hydrogen-bond acceptors (Lipinski definition) is 4. The van der Waals surface area contributed by atoms with Gasteiger partial charge in [0, 0.05) is 16.9 Å². The van der Waals surface area contributed by atoms with Crippen LogP contribution in [0.15, 0.2) is 23.1 Å². The molecule has 20 heavy (non-hydrogen) atoms. The molecule has 0 atom stereocenters. The van der Waals surface area contributed by atoms with Gasteiger partial charge in [0.1, 0.15) is 4.99 Å². The largest absolute Gasteiger partial charge is 0.389 e. The number of thioether (sulfide) groups is 1. The molecule has 1 aromatic rings. The third kappa shape index (κ3) is 4.44.